The van der Waals surface area contributed by atoms with E-state index < -0.39 is 10.0 Å². The van der Waals surface area contributed by atoms with Crippen LogP contribution in [-0.4, -0.2) is 38.9 Å². The lowest BCUT2D eigenvalue weighted by molar-refractivity contribution is 0.265. The van der Waals surface area contributed by atoms with Gasteiger partial charge in [0.25, 0.3) is 0 Å². The van der Waals surface area contributed by atoms with Crippen molar-refractivity contribution in [1.29, 1.82) is 0 Å². The lowest BCUT2D eigenvalue weighted by Crippen LogP contribution is -2.52. The van der Waals surface area contributed by atoms with Gasteiger partial charge in [0, 0.05) is 26.2 Å². The normalized spacial score (nSPS) is 18.1. The topological polar surface area (TPSA) is 75.4 Å². The quantitative estimate of drug-likeness (QED) is 0.852. The minimum absolute atomic E-state index is 0.186. The highest BCUT2D eigenvalue weighted by molar-refractivity contribution is 7.89. The molecule has 1 aliphatic carbocycles. The Morgan fingerprint density at radius 3 is 2.47 bits per heavy atom. The fraction of sp³-hybridized carbons (Fsp3) is 0.538. The molecule has 0 aliphatic heterocycles. The summed E-state index contributed by atoms with van der Waals surface area (Å²) in [7, 11) is -0.373. The molecule has 0 atom stereocenters. The molecule has 1 fully saturated rings. The molecule has 1 aliphatic rings. The van der Waals surface area contributed by atoms with Gasteiger partial charge in [0.05, 0.1) is 5.69 Å². The first-order valence-corrected chi connectivity index (χ1v) is 7.83. The number of sulfonamides is 1. The largest absolute Gasteiger partial charge is 0.382 e. The lowest BCUT2D eigenvalue weighted by Gasteiger charge is -2.38. The van der Waals surface area contributed by atoms with Crippen LogP contribution in [0.15, 0.2) is 29.2 Å². The Morgan fingerprint density at radius 2 is 1.95 bits per heavy atom. The Balaban J connectivity index is 2.22. The van der Waals surface area contributed by atoms with Crippen molar-refractivity contribution in [3.63, 3.8) is 0 Å². The van der Waals surface area contributed by atoms with Gasteiger partial charge in [0.15, 0.2) is 0 Å². The molecule has 0 bridgehead atoms. The minimum atomic E-state index is -3.43. The molecule has 0 aromatic heterocycles. The van der Waals surface area contributed by atoms with Gasteiger partial charge in [-0.15, -0.1) is 0 Å². The fourth-order valence-electron chi connectivity index (χ4n) is 2.11. The third-order valence-electron chi connectivity index (χ3n) is 3.63. The molecular formula is C13H21N3O2S. The standard InChI is InChI=1S/C13H21N3O2S/c1-16(2)19(17,18)12-7-4-3-6-11(12)15-10-13(14)8-5-9-13/h3-4,6-7,15H,5,8-10,14H2,1-2H3. The van der Waals surface area contributed by atoms with Crippen LogP contribution in [0.4, 0.5) is 5.69 Å². The molecule has 0 spiro atoms. The van der Waals surface area contributed by atoms with Crippen molar-refractivity contribution in [3.05, 3.63) is 24.3 Å². The van der Waals surface area contributed by atoms with E-state index >= 15 is 0 Å². The van der Waals surface area contributed by atoms with E-state index in [1.54, 1.807) is 18.2 Å². The van der Waals surface area contributed by atoms with Crippen molar-refractivity contribution < 1.29 is 8.42 Å². The van der Waals surface area contributed by atoms with Crippen LogP contribution in [0.25, 0.3) is 0 Å². The Morgan fingerprint density at radius 1 is 1.32 bits per heavy atom. The molecule has 106 valence electrons. The van der Waals surface area contributed by atoms with Crippen LogP contribution in [-0.2, 0) is 10.0 Å². The number of benzene rings is 1. The molecule has 19 heavy (non-hydrogen) atoms. The molecule has 2 rings (SSSR count). The Hall–Kier alpha value is -1.11. The van der Waals surface area contributed by atoms with Crippen LogP contribution >= 0.6 is 0 Å². The van der Waals surface area contributed by atoms with Crippen LogP contribution in [0, 0.1) is 0 Å². The van der Waals surface area contributed by atoms with Crippen LogP contribution in [0.2, 0.25) is 0 Å². The maximum absolute atomic E-state index is 12.2. The average Bonchev–Trinajstić information content (AvgIpc) is 2.34. The monoisotopic (exact) mass is 283 g/mol. The van der Waals surface area contributed by atoms with Gasteiger partial charge in [-0.3, -0.25) is 0 Å². The summed E-state index contributed by atoms with van der Waals surface area (Å²) in [5.41, 5.74) is 6.58. The van der Waals surface area contributed by atoms with E-state index in [1.165, 1.54) is 18.4 Å². The number of hydrogen-bond acceptors (Lipinski definition) is 4. The van der Waals surface area contributed by atoms with Crippen molar-refractivity contribution in [2.75, 3.05) is 26.0 Å². The number of rotatable bonds is 5. The van der Waals surface area contributed by atoms with Gasteiger partial charge in [0.1, 0.15) is 4.90 Å². The van der Waals surface area contributed by atoms with E-state index in [-0.39, 0.29) is 5.54 Å². The second-order valence-electron chi connectivity index (χ2n) is 5.35. The molecule has 0 amide bonds. The summed E-state index contributed by atoms with van der Waals surface area (Å²) in [5.74, 6) is 0. The minimum Gasteiger partial charge on any atom is -0.382 e. The summed E-state index contributed by atoms with van der Waals surface area (Å²) in [4.78, 5) is 0.294. The Bertz CT molecular complexity index is 551. The zero-order valence-corrected chi connectivity index (χ0v) is 12.2. The van der Waals surface area contributed by atoms with E-state index in [0.29, 0.717) is 17.1 Å². The summed E-state index contributed by atoms with van der Waals surface area (Å²) in [5, 5.41) is 3.19. The van der Waals surface area contributed by atoms with Crippen molar-refractivity contribution >= 4 is 15.7 Å². The van der Waals surface area contributed by atoms with Crippen molar-refractivity contribution in [3.8, 4) is 0 Å². The summed E-state index contributed by atoms with van der Waals surface area (Å²) in [6, 6.07) is 6.93. The molecule has 0 saturated heterocycles. The smallest absolute Gasteiger partial charge is 0.244 e. The molecule has 1 aromatic rings. The lowest BCUT2D eigenvalue weighted by atomic mass is 9.78. The van der Waals surface area contributed by atoms with Gasteiger partial charge in [0.2, 0.25) is 10.0 Å². The van der Waals surface area contributed by atoms with E-state index in [0.717, 1.165) is 19.3 Å². The maximum Gasteiger partial charge on any atom is 0.244 e. The highest BCUT2D eigenvalue weighted by Gasteiger charge is 2.32. The predicted octanol–water partition coefficient (Wildman–Crippen LogP) is 1.23. The molecule has 0 radical (unpaired) electrons. The third kappa shape index (κ3) is 2.91. The number of para-hydroxylation sites is 1. The fourth-order valence-corrected chi connectivity index (χ4v) is 3.18. The molecule has 3 N–H and O–H groups in total. The zero-order chi connectivity index (χ0) is 14.1. The third-order valence-corrected chi connectivity index (χ3v) is 5.50. The number of hydrogen-bond donors (Lipinski definition) is 2. The molecule has 5 nitrogen and oxygen atoms in total. The highest BCUT2D eigenvalue weighted by Crippen LogP contribution is 2.30. The average molecular weight is 283 g/mol. The first kappa shape index (κ1) is 14.3. The van der Waals surface area contributed by atoms with Gasteiger partial charge in [-0.05, 0) is 31.4 Å². The summed E-state index contributed by atoms with van der Waals surface area (Å²) in [6.07, 6.45) is 3.13. The molecule has 1 aromatic carbocycles. The number of nitrogens with two attached hydrogens (primary N) is 1. The summed E-state index contributed by atoms with van der Waals surface area (Å²) in [6.45, 7) is 0.604. The molecular weight excluding hydrogens is 262 g/mol. The van der Waals surface area contributed by atoms with Crippen LogP contribution in [0.5, 0.6) is 0 Å². The van der Waals surface area contributed by atoms with Gasteiger partial charge in [-0.25, -0.2) is 12.7 Å². The van der Waals surface area contributed by atoms with E-state index in [4.69, 9.17) is 5.73 Å². The van der Waals surface area contributed by atoms with E-state index in [1.807, 2.05) is 6.07 Å². The van der Waals surface area contributed by atoms with E-state index in [9.17, 15) is 8.42 Å². The molecule has 0 heterocycles. The summed E-state index contributed by atoms with van der Waals surface area (Å²) >= 11 is 0. The maximum atomic E-state index is 12.2. The second kappa shape index (κ2) is 5.11. The Kier molecular flexibility index (Phi) is 3.85. The van der Waals surface area contributed by atoms with Crippen molar-refractivity contribution in [1.82, 2.24) is 4.31 Å². The SMILES string of the molecule is CN(C)S(=O)(=O)c1ccccc1NCC1(N)CCC1. The zero-order valence-electron chi connectivity index (χ0n) is 11.4. The van der Waals surface area contributed by atoms with Crippen LogP contribution < -0.4 is 11.1 Å². The van der Waals surface area contributed by atoms with Gasteiger partial charge in [-0.1, -0.05) is 12.1 Å². The van der Waals surface area contributed by atoms with E-state index in [2.05, 4.69) is 5.32 Å². The van der Waals surface area contributed by atoms with Crippen molar-refractivity contribution in [2.45, 2.75) is 29.7 Å². The van der Waals surface area contributed by atoms with Gasteiger partial charge >= 0.3 is 0 Å². The van der Waals surface area contributed by atoms with Gasteiger partial charge < -0.3 is 11.1 Å². The number of anilines is 1. The first-order valence-electron chi connectivity index (χ1n) is 6.39. The summed E-state index contributed by atoms with van der Waals surface area (Å²) < 4.78 is 25.6. The number of nitrogens with zero attached hydrogens (tertiary/aromatic N) is 1. The predicted molar refractivity (Wildman–Crippen MR) is 76.6 cm³/mol. The van der Waals surface area contributed by atoms with Crippen LogP contribution in [0.1, 0.15) is 19.3 Å². The number of nitrogens with one attached hydrogen (secondary N) is 1. The second-order valence-corrected chi connectivity index (χ2v) is 7.47. The van der Waals surface area contributed by atoms with Crippen LogP contribution in [0.3, 0.4) is 0 Å². The molecule has 6 heteroatoms. The molecule has 0 unspecified atom stereocenters. The Labute approximate surface area is 114 Å². The van der Waals surface area contributed by atoms with Gasteiger partial charge in [-0.2, -0.15) is 0 Å². The first-order chi connectivity index (χ1) is 8.85. The highest BCUT2D eigenvalue weighted by atomic mass is 32.2. The molecule has 1 saturated carbocycles. The van der Waals surface area contributed by atoms with Crippen molar-refractivity contribution in [2.24, 2.45) is 5.73 Å².